The summed E-state index contributed by atoms with van der Waals surface area (Å²) in [6, 6.07) is 0. The van der Waals surface area contributed by atoms with E-state index in [0.717, 1.165) is 0 Å². The summed E-state index contributed by atoms with van der Waals surface area (Å²) in [7, 11) is 0. The van der Waals surface area contributed by atoms with Gasteiger partial charge >= 0.3 is 40.1 Å². The van der Waals surface area contributed by atoms with Crippen LogP contribution in [0.5, 0.6) is 0 Å². The molecule has 17 heteroatoms. The van der Waals surface area contributed by atoms with Crippen molar-refractivity contribution in [1.82, 2.24) is 0 Å². The number of ether oxygens (including phenoxy) is 1. The van der Waals surface area contributed by atoms with E-state index in [1.807, 2.05) is 0 Å². The molecule has 1 nitrogen and oxygen atoms in total. The molecule has 0 N–H and O–H groups in total. The predicted molar refractivity (Wildman–Crippen MR) is 50.8 cm³/mol. The van der Waals surface area contributed by atoms with E-state index >= 15 is 0 Å². The van der Waals surface area contributed by atoms with Crippen molar-refractivity contribution in [3.63, 3.8) is 0 Å². The van der Waals surface area contributed by atoms with Gasteiger partial charge in [0.05, 0.1) is 0 Å². The maximum Gasteiger partial charge on any atom is 0.462 e. The second-order valence-electron chi connectivity index (χ2n) is 3.85. The minimum atomic E-state index is -7.60. The Labute approximate surface area is 134 Å². The second-order valence-corrected chi connectivity index (χ2v) is 5.21. The predicted octanol–water partition coefficient (Wildman–Crippen LogP) is 5.68. The fraction of sp³-hybridized carbons (Fsp3) is 1.00. The topological polar surface area (TPSA) is 9.23 Å². The van der Waals surface area contributed by atoms with Crippen molar-refractivity contribution in [1.29, 1.82) is 0 Å². The first-order valence-electron chi connectivity index (χ1n) is 4.68. The van der Waals surface area contributed by atoms with Gasteiger partial charge in [0.1, 0.15) is 0 Å². The molecule has 0 aromatic carbocycles. The van der Waals surface area contributed by atoms with Crippen molar-refractivity contribution in [2.24, 2.45) is 0 Å². The van der Waals surface area contributed by atoms with Crippen LogP contribution in [-0.2, 0) is 4.74 Å². The third kappa shape index (κ3) is 3.59. The van der Waals surface area contributed by atoms with Crippen LogP contribution in [0.3, 0.4) is 0 Å². The average Bonchev–Trinajstić information content (AvgIpc) is 2.23. The van der Waals surface area contributed by atoms with Gasteiger partial charge in [0.15, 0.2) is 0 Å². The summed E-state index contributed by atoms with van der Waals surface area (Å²) in [5.41, 5.74) is 0. The molecule has 0 spiro atoms. The van der Waals surface area contributed by atoms with Crippen LogP contribution in [0.25, 0.3) is 0 Å². The van der Waals surface area contributed by atoms with Gasteiger partial charge in [-0.05, 0) is 0 Å². The molecule has 0 radical (unpaired) electrons. The summed E-state index contributed by atoms with van der Waals surface area (Å²) in [6.07, 6.45) is -22.4. The standard InChI is InChI=1S/C7F15IO/c8-1(9,5(17,18)23)2(10,11)6(19,20)24-7(21,22)3(12,13)4(14,15)16. The van der Waals surface area contributed by atoms with Crippen molar-refractivity contribution < 1.29 is 70.6 Å². The van der Waals surface area contributed by atoms with Crippen LogP contribution >= 0.6 is 22.6 Å². The van der Waals surface area contributed by atoms with Crippen LogP contribution in [-0.4, -0.2) is 40.1 Å². The fourth-order valence-electron chi connectivity index (χ4n) is 0.815. The molecular formula is C7F15IO. The van der Waals surface area contributed by atoms with Crippen molar-refractivity contribution in [2.45, 2.75) is 40.1 Å². The zero-order chi connectivity index (χ0) is 20.2. The first kappa shape index (κ1) is 23.6. The summed E-state index contributed by atoms with van der Waals surface area (Å²) in [4.78, 5) is 0. The molecule has 0 fully saturated rings. The highest BCUT2D eigenvalue weighted by molar-refractivity contribution is 14.1. The Morgan fingerprint density at radius 1 is 0.458 bits per heavy atom. The average molecular weight is 512 g/mol. The highest BCUT2D eigenvalue weighted by atomic mass is 127. The van der Waals surface area contributed by atoms with Crippen LogP contribution in [0, 0.1) is 0 Å². The van der Waals surface area contributed by atoms with E-state index in [2.05, 4.69) is 0 Å². The number of halogens is 16. The highest BCUT2D eigenvalue weighted by Gasteiger charge is 2.85. The third-order valence-corrected chi connectivity index (χ3v) is 2.77. The smallest absolute Gasteiger partial charge is 0.245 e. The first-order valence-corrected chi connectivity index (χ1v) is 5.76. The van der Waals surface area contributed by atoms with Crippen molar-refractivity contribution in [2.75, 3.05) is 0 Å². The molecule has 0 heterocycles. The van der Waals surface area contributed by atoms with Gasteiger partial charge in [0, 0.05) is 22.6 Å². The van der Waals surface area contributed by atoms with Crippen molar-refractivity contribution in [3.05, 3.63) is 0 Å². The van der Waals surface area contributed by atoms with E-state index in [0.29, 0.717) is 0 Å². The lowest BCUT2D eigenvalue weighted by Crippen LogP contribution is -2.65. The summed E-state index contributed by atoms with van der Waals surface area (Å²) < 4.78 is 180. The molecule has 0 saturated heterocycles. The lowest BCUT2D eigenvalue weighted by molar-refractivity contribution is -0.512. The molecule has 24 heavy (non-hydrogen) atoms. The Hall–Kier alpha value is -0.360. The van der Waals surface area contributed by atoms with Crippen LogP contribution in [0.4, 0.5) is 65.9 Å². The summed E-state index contributed by atoms with van der Waals surface area (Å²) >= 11 is -0.817. The molecule has 0 aromatic heterocycles. The van der Waals surface area contributed by atoms with E-state index in [4.69, 9.17) is 0 Å². The molecule has 0 aliphatic heterocycles. The van der Waals surface area contributed by atoms with E-state index in [-0.39, 0.29) is 0 Å². The van der Waals surface area contributed by atoms with E-state index in [1.165, 1.54) is 4.74 Å². The first-order chi connectivity index (χ1) is 9.96. The lowest BCUT2D eigenvalue weighted by atomic mass is 10.1. The van der Waals surface area contributed by atoms with Gasteiger partial charge in [-0.1, -0.05) is 0 Å². The monoisotopic (exact) mass is 512 g/mol. The maximum atomic E-state index is 12.7. The normalized spacial score (nSPS) is 16.5. The maximum absolute atomic E-state index is 12.7. The Morgan fingerprint density at radius 3 is 1.00 bits per heavy atom. The largest absolute Gasteiger partial charge is 0.462 e. The number of rotatable bonds is 6. The van der Waals surface area contributed by atoms with Gasteiger partial charge < -0.3 is 0 Å². The molecule has 0 aliphatic carbocycles. The van der Waals surface area contributed by atoms with Gasteiger partial charge in [-0.2, -0.15) is 65.9 Å². The molecule has 0 aliphatic rings. The number of hydrogen-bond acceptors (Lipinski definition) is 1. The number of hydrogen-bond donors (Lipinski definition) is 0. The molecule has 0 amide bonds. The Balaban J connectivity index is 5.95. The Bertz CT molecular complexity index is 459. The van der Waals surface area contributed by atoms with E-state index in [9.17, 15) is 65.9 Å². The van der Waals surface area contributed by atoms with Gasteiger partial charge in [-0.15, -0.1) is 0 Å². The zero-order valence-corrected chi connectivity index (χ0v) is 12.1. The number of alkyl halides is 16. The van der Waals surface area contributed by atoms with Crippen molar-refractivity contribution in [3.8, 4) is 0 Å². The molecular weight excluding hydrogens is 512 g/mol. The molecule has 0 aromatic rings. The summed E-state index contributed by atoms with van der Waals surface area (Å²) in [5, 5.41) is 0. The molecule has 0 bridgehead atoms. The fourth-order valence-corrected chi connectivity index (χ4v) is 1.15. The van der Waals surface area contributed by atoms with Gasteiger partial charge in [-0.25, -0.2) is 4.74 Å². The molecule has 0 atom stereocenters. The molecule has 0 rings (SSSR count). The molecule has 0 unspecified atom stereocenters. The lowest BCUT2D eigenvalue weighted by Gasteiger charge is -2.37. The van der Waals surface area contributed by atoms with Gasteiger partial charge in [-0.3, -0.25) is 0 Å². The van der Waals surface area contributed by atoms with Crippen LogP contribution < -0.4 is 0 Å². The second kappa shape index (κ2) is 5.83. The minimum absolute atomic E-state index is 0.817. The quantitative estimate of drug-likeness (QED) is 0.253. The molecule has 0 saturated carbocycles. The SMILES string of the molecule is FC(F)(F)C(F)(F)C(F)(F)OC(F)(F)C(F)(F)C(F)(F)C(F)(F)I. The van der Waals surface area contributed by atoms with Crippen LogP contribution in [0.1, 0.15) is 0 Å². The molecule has 146 valence electrons. The van der Waals surface area contributed by atoms with E-state index in [1.54, 1.807) is 0 Å². The zero-order valence-electron chi connectivity index (χ0n) is 9.96. The Kier molecular flexibility index (Phi) is 5.74. The minimum Gasteiger partial charge on any atom is -0.245 e. The third-order valence-electron chi connectivity index (χ3n) is 2.09. The van der Waals surface area contributed by atoms with Crippen LogP contribution in [0.15, 0.2) is 0 Å². The summed E-state index contributed by atoms with van der Waals surface area (Å²) in [5.74, 6) is -22.3. The Morgan fingerprint density at radius 2 is 0.750 bits per heavy atom. The van der Waals surface area contributed by atoms with Crippen LogP contribution in [0.2, 0.25) is 0 Å². The summed E-state index contributed by atoms with van der Waals surface area (Å²) in [6.45, 7) is 0. The van der Waals surface area contributed by atoms with Gasteiger partial charge in [0.2, 0.25) is 0 Å². The van der Waals surface area contributed by atoms with Crippen molar-refractivity contribution >= 4 is 22.6 Å². The highest BCUT2D eigenvalue weighted by Crippen LogP contribution is 2.58. The van der Waals surface area contributed by atoms with Gasteiger partial charge in [0.25, 0.3) is 0 Å². The van der Waals surface area contributed by atoms with E-state index < -0.39 is 62.7 Å².